The third kappa shape index (κ3) is 2.99. The molecule has 0 aromatic carbocycles. The summed E-state index contributed by atoms with van der Waals surface area (Å²) in [5.41, 5.74) is 0. The van der Waals surface area contributed by atoms with Gasteiger partial charge in [0, 0.05) is 45.6 Å². The van der Waals surface area contributed by atoms with Crippen LogP contribution in [0.4, 0.5) is 0 Å². The highest BCUT2D eigenvalue weighted by Crippen LogP contribution is 2.11. The Morgan fingerprint density at radius 1 is 1.45 bits per heavy atom. The second-order valence-electron chi connectivity index (χ2n) is 5.23. The van der Waals surface area contributed by atoms with Gasteiger partial charge in [0.05, 0.1) is 0 Å². The highest BCUT2D eigenvalue weighted by Gasteiger charge is 2.23. The number of amides is 1. The molecule has 1 amide bonds. The Morgan fingerprint density at radius 3 is 3.25 bits per heavy atom. The van der Waals surface area contributed by atoms with Gasteiger partial charge < -0.3 is 19.9 Å². The maximum Gasteiger partial charge on any atom is 0.249 e. The SMILES string of the molecule is O=C(NCCc1nnc2n1CCNCC2)C1CCCO1. The van der Waals surface area contributed by atoms with Gasteiger partial charge >= 0.3 is 0 Å². The lowest BCUT2D eigenvalue weighted by Gasteiger charge is -2.11. The largest absolute Gasteiger partial charge is 0.368 e. The van der Waals surface area contributed by atoms with Crippen LogP contribution in [0, 0.1) is 0 Å². The Kier molecular flexibility index (Phi) is 4.27. The van der Waals surface area contributed by atoms with Gasteiger partial charge in [-0.05, 0) is 12.8 Å². The molecule has 7 nitrogen and oxygen atoms in total. The van der Waals surface area contributed by atoms with E-state index in [1.54, 1.807) is 0 Å². The number of fused-ring (bicyclic) bond motifs is 1. The molecule has 0 radical (unpaired) electrons. The first kappa shape index (κ1) is 13.5. The molecule has 2 aliphatic rings. The Labute approximate surface area is 118 Å². The fourth-order valence-electron chi connectivity index (χ4n) is 2.71. The molecule has 0 saturated carbocycles. The van der Waals surface area contributed by atoms with Gasteiger partial charge in [-0.2, -0.15) is 0 Å². The van der Waals surface area contributed by atoms with Crippen molar-refractivity contribution in [3.05, 3.63) is 11.6 Å². The normalized spacial score (nSPS) is 22.3. The van der Waals surface area contributed by atoms with E-state index in [1.807, 2.05) is 0 Å². The zero-order chi connectivity index (χ0) is 13.8. The zero-order valence-electron chi connectivity index (χ0n) is 11.6. The van der Waals surface area contributed by atoms with Gasteiger partial charge in [-0.25, -0.2) is 0 Å². The second kappa shape index (κ2) is 6.32. The van der Waals surface area contributed by atoms with Gasteiger partial charge in [0.15, 0.2) is 0 Å². The first-order valence-corrected chi connectivity index (χ1v) is 7.35. The van der Waals surface area contributed by atoms with Gasteiger partial charge in [-0.3, -0.25) is 4.79 Å². The number of aromatic nitrogens is 3. The molecule has 0 aliphatic carbocycles. The molecule has 1 saturated heterocycles. The molecule has 1 unspecified atom stereocenters. The van der Waals surface area contributed by atoms with E-state index in [9.17, 15) is 4.79 Å². The van der Waals surface area contributed by atoms with Crippen LogP contribution in [0.5, 0.6) is 0 Å². The summed E-state index contributed by atoms with van der Waals surface area (Å²) in [6, 6.07) is 0. The van der Waals surface area contributed by atoms with Gasteiger partial charge in [-0.15, -0.1) is 10.2 Å². The van der Waals surface area contributed by atoms with Crippen LogP contribution in [0.3, 0.4) is 0 Å². The Balaban J connectivity index is 1.51. The van der Waals surface area contributed by atoms with Crippen LogP contribution in [0.2, 0.25) is 0 Å². The van der Waals surface area contributed by atoms with Crippen molar-refractivity contribution in [3.8, 4) is 0 Å². The quantitative estimate of drug-likeness (QED) is 0.759. The van der Waals surface area contributed by atoms with Crippen molar-refractivity contribution in [1.29, 1.82) is 0 Å². The summed E-state index contributed by atoms with van der Waals surface area (Å²) < 4.78 is 7.52. The van der Waals surface area contributed by atoms with E-state index >= 15 is 0 Å². The van der Waals surface area contributed by atoms with Crippen molar-refractivity contribution in [2.45, 2.75) is 38.3 Å². The number of carbonyl (C=O) groups is 1. The molecule has 3 rings (SSSR count). The van der Waals surface area contributed by atoms with Crippen molar-refractivity contribution < 1.29 is 9.53 Å². The first-order valence-electron chi connectivity index (χ1n) is 7.35. The van der Waals surface area contributed by atoms with Crippen molar-refractivity contribution >= 4 is 5.91 Å². The molecule has 1 aromatic heterocycles. The summed E-state index contributed by atoms with van der Waals surface area (Å²) >= 11 is 0. The molecule has 7 heteroatoms. The average Bonchev–Trinajstić information content (AvgIpc) is 3.05. The van der Waals surface area contributed by atoms with Crippen molar-refractivity contribution in [3.63, 3.8) is 0 Å². The first-order chi connectivity index (χ1) is 9.84. The van der Waals surface area contributed by atoms with E-state index in [-0.39, 0.29) is 12.0 Å². The van der Waals surface area contributed by atoms with Gasteiger partial charge in [0.25, 0.3) is 0 Å². The monoisotopic (exact) mass is 279 g/mol. The van der Waals surface area contributed by atoms with E-state index in [4.69, 9.17) is 4.74 Å². The zero-order valence-corrected chi connectivity index (χ0v) is 11.6. The van der Waals surface area contributed by atoms with Crippen molar-refractivity contribution in [1.82, 2.24) is 25.4 Å². The van der Waals surface area contributed by atoms with E-state index in [0.29, 0.717) is 19.6 Å². The van der Waals surface area contributed by atoms with Crippen LogP contribution in [-0.4, -0.2) is 53.0 Å². The van der Waals surface area contributed by atoms with Crippen molar-refractivity contribution in [2.24, 2.45) is 0 Å². The van der Waals surface area contributed by atoms with Crippen LogP contribution >= 0.6 is 0 Å². The third-order valence-corrected chi connectivity index (χ3v) is 3.81. The molecular weight excluding hydrogens is 258 g/mol. The Morgan fingerprint density at radius 2 is 2.40 bits per heavy atom. The minimum Gasteiger partial charge on any atom is -0.368 e. The lowest BCUT2D eigenvalue weighted by Crippen LogP contribution is -2.35. The summed E-state index contributed by atoms with van der Waals surface area (Å²) in [7, 11) is 0. The topological polar surface area (TPSA) is 81.1 Å². The number of hydrogen-bond donors (Lipinski definition) is 2. The second-order valence-corrected chi connectivity index (χ2v) is 5.23. The highest BCUT2D eigenvalue weighted by atomic mass is 16.5. The van der Waals surface area contributed by atoms with E-state index < -0.39 is 0 Å². The number of nitrogens with zero attached hydrogens (tertiary/aromatic N) is 3. The summed E-state index contributed by atoms with van der Waals surface area (Å²) in [5, 5.41) is 14.7. The summed E-state index contributed by atoms with van der Waals surface area (Å²) in [5.74, 6) is 1.99. The smallest absolute Gasteiger partial charge is 0.249 e. The number of hydrogen-bond acceptors (Lipinski definition) is 5. The summed E-state index contributed by atoms with van der Waals surface area (Å²) in [6.07, 6.45) is 3.18. The number of carbonyl (C=O) groups excluding carboxylic acids is 1. The molecular formula is C13H21N5O2. The van der Waals surface area contributed by atoms with Gasteiger partial charge in [-0.1, -0.05) is 0 Å². The average molecular weight is 279 g/mol. The van der Waals surface area contributed by atoms with E-state index in [2.05, 4.69) is 25.4 Å². The standard InChI is InChI=1S/C13H21N5O2/c19-13(10-2-1-9-20-10)15-6-4-12-17-16-11-3-5-14-7-8-18(11)12/h10,14H,1-9H2,(H,15,19). The lowest BCUT2D eigenvalue weighted by atomic mass is 10.2. The number of rotatable bonds is 4. The van der Waals surface area contributed by atoms with Crippen LogP contribution < -0.4 is 10.6 Å². The minimum absolute atomic E-state index is 0.000211. The number of nitrogens with one attached hydrogen (secondary N) is 2. The highest BCUT2D eigenvalue weighted by molar-refractivity contribution is 5.80. The lowest BCUT2D eigenvalue weighted by molar-refractivity contribution is -0.130. The third-order valence-electron chi connectivity index (χ3n) is 3.81. The number of ether oxygens (including phenoxy) is 1. The Bertz CT molecular complexity index is 467. The predicted octanol–water partition coefficient (Wildman–Crippen LogP) is -0.738. The molecule has 20 heavy (non-hydrogen) atoms. The molecule has 2 aliphatic heterocycles. The molecule has 3 heterocycles. The van der Waals surface area contributed by atoms with E-state index in [0.717, 1.165) is 50.5 Å². The van der Waals surface area contributed by atoms with E-state index in [1.165, 1.54) is 0 Å². The molecule has 1 atom stereocenters. The van der Waals surface area contributed by atoms with Gasteiger partial charge in [0.2, 0.25) is 5.91 Å². The van der Waals surface area contributed by atoms with Crippen LogP contribution in [0.25, 0.3) is 0 Å². The molecule has 110 valence electrons. The maximum atomic E-state index is 11.8. The fraction of sp³-hybridized carbons (Fsp3) is 0.769. The molecule has 0 bridgehead atoms. The molecule has 0 spiro atoms. The summed E-state index contributed by atoms with van der Waals surface area (Å²) in [4.78, 5) is 11.8. The van der Waals surface area contributed by atoms with Crippen LogP contribution in [0.15, 0.2) is 0 Å². The maximum absolute atomic E-state index is 11.8. The fourth-order valence-corrected chi connectivity index (χ4v) is 2.71. The van der Waals surface area contributed by atoms with Gasteiger partial charge in [0.1, 0.15) is 17.8 Å². The minimum atomic E-state index is -0.255. The van der Waals surface area contributed by atoms with Crippen LogP contribution in [0.1, 0.15) is 24.5 Å². The summed E-state index contributed by atoms with van der Waals surface area (Å²) in [6.45, 7) is 4.08. The van der Waals surface area contributed by atoms with Crippen molar-refractivity contribution in [2.75, 3.05) is 26.2 Å². The molecule has 1 aromatic rings. The Hall–Kier alpha value is -1.47. The molecule has 1 fully saturated rings. The molecule has 2 N–H and O–H groups in total. The van der Waals surface area contributed by atoms with Crippen LogP contribution in [-0.2, 0) is 28.9 Å². The predicted molar refractivity (Wildman–Crippen MR) is 72.3 cm³/mol.